The van der Waals surface area contributed by atoms with Crippen molar-refractivity contribution >= 4 is 35.1 Å². The molecule has 20 heavy (non-hydrogen) atoms. The number of carbonyl (C=O) groups excluding carboxylic acids is 1. The molecule has 1 aliphatic heterocycles. The van der Waals surface area contributed by atoms with Crippen LogP contribution in [0.15, 0.2) is 41.7 Å². The third-order valence-electron chi connectivity index (χ3n) is 2.55. The first kappa shape index (κ1) is 14.4. The summed E-state index contributed by atoms with van der Waals surface area (Å²) in [4.78, 5) is 22.8. The number of halogens is 2. The van der Waals surface area contributed by atoms with E-state index in [1.807, 2.05) is 0 Å². The first-order chi connectivity index (χ1) is 9.49. The molecule has 104 valence electrons. The summed E-state index contributed by atoms with van der Waals surface area (Å²) in [5.41, 5.74) is 0.248. The van der Waals surface area contributed by atoms with E-state index in [0.29, 0.717) is 0 Å². The molecular weight excluding hydrogens is 305 g/mol. The summed E-state index contributed by atoms with van der Waals surface area (Å²) >= 11 is 11.7. The topological polar surface area (TPSA) is 75.6 Å². The maximum Gasteiger partial charge on any atom is 0.341 e. The van der Waals surface area contributed by atoms with Crippen LogP contribution in [0.4, 0.5) is 0 Å². The highest BCUT2D eigenvalue weighted by molar-refractivity contribution is 6.43. The Labute approximate surface area is 124 Å². The van der Waals surface area contributed by atoms with E-state index < -0.39 is 11.9 Å². The fourth-order valence-corrected chi connectivity index (χ4v) is 1.88. The third-order valence-corrected chi connectivity index (χ3v) is 3.35. The van der Waals surface area contributed by atoms with Gasteiger partial charge in [-0.2, -0.15) is 0 Å². The van der Waals surface area contributed by atoms with E-state index in [-0.39, 0.29) is 33.4 Å². The first-order valence-electron chi connectivity index (χ1n) is 5.52. The number of nitrogens with one attached hydrogen (secondary N) is 1. The molecule has 0 bridgehead atoms. The van der Waals surface area contributed by atoms with E-state index in [4.69, 9.17) is 33.0 Å². The predicted octanol–water partition coefficient (Wildman–Crippen LogP) is 2.74. The quantitative estimate of drug-likeness (QED) is 0.663. The van der Waals surface area contributed by atoms with Crippen molar-refractivity contribution in [3.05, 3.63) is 51.8 Å². The van der Waals surface area contributed by atoms with Crippen molar-refractivity contribution in [2.24, 2.45) is 0 Å². The number of ether oxygens (including phenoxy) is 1. The van der Waals surface area contributed by atoms with E-state index in [9.17, 15) is 9.59 Å². The Hall–Kier alpha value is -1.98. The molecule has 0 atom stereocenters. The van der Waals surface area contributed by atoms with Gasteiger partial charge in [-0.3, -0.25) is 0 Å². The highest BCUT2D eigenvalue weighted by atomic mass is 35.5. The smallest absolute Gasteiger partial charge is 0.341 e. The van der Waals surface area contributed by atoms with Gasteiger partial charge < -0.3 is 15.2 Å². The molecule has 5 nitrogen and oxygen atoms in total. The Kier molecular flexibility index (Phi) is 4.32. The Bertz CT molecular complexity index is 637. The van der Waals surface area contributed by atoms with Gasteiger partial charge in [0.05, 0.1) is 16.2 Å². The molecule has 7 heteroatoms. The van der Waals surface area contributed by atoms with Gasteiger partial charge in [0.25, 0.3) is 0 Å². The van der Waals surface area contributed by atoms with Gasteiger partial charge in [0.15, 0.2) is 5.75 Å². The van der Waals surface area contributed by atoms with Crippen LogP contribution in [-0.2, 0) is 9.59 Å². The molecule has 1 heterocycles. The molecule has 0 unspecified atom stereocenters. The fourth-order valence-electron chi connectivity index (χ4n) is 1.55. The number of benzene rings is 1. The summed E-state index contributed by atoms with van der Waals surface area (Å²) in [5.74, 6) is -1.67. The molecule has 0 aliphatic carbocycles. The van der Waals surface area contributed by atoms with E-state index in [1.165, 1.54) is 18.5 Å². The lowest BCUT2D eigenvalue weighted by molar-refractivity contribution is -0.132. The molecule has 2 N–H and O–H groups in total. The van der Waals surface area contributed by atoms with Crippen LogP contribution in [0.1, 0.15) is 6.42 Å². The Morgan fingerprint density at radius 3 is 2.60 bits per heavy atom. The molecule has 2 rings (SSSR count). The number of rotatable bonds is 3. The summed E-state index contributed by atoms with van der Waals surface area (Å²) in [6, 6.07) is 4.65. The summed E-state index contributed by atoms with van der Waals surface area (Å²) in [5, 5.41) is 11.9. The molecule has 0 fully saturated rings. The first-order valence-corrected chi connectivity index (χ1v) is 6.28. The fraction of sp³-hybridized carbons (Fsp3) is 0.0769. The van der Waals surface area contributed by atoms with Crippen molar-refractivity contribution in [1.29, 1.82) is 0 Å². The lowest BCUT2D eigenvalue weighted by Crippen LogP contribution is -2.20. The van der Waals surface area contributed by atoms with Crippen molar-refractivity contribution in [2.45, 2.75) is 6.42 Å². The summed E-state index contributed by atoms with van der Waals surface area (Å²) in [7, 11) is 0. The SMILES string of the molecule is O=C(O)C1=CNC=C(C(=O)Oc2cccc(Cl)c2Cl)C1. The van der Waals surface area contributed by atoms with Gasteiger partial charge in [0.2, 0.25) is 0 Å². The number of aliphatic carboxylic acids is 1. The molecule has 1 aliphatic rings. The van der Waals surface area contributed by atoms with Gasteiger partial charge in [-0.15, -0.1) is 0 Å². The highest BCUT2D eigenvalue weighted by Crippen LogP contribution is 2.32. The van der Waals surface area contributed by atoms with Crippen LogP contribution in [0.3, 0.4) is 0 Å². The van der Waals surface area contributed by atoms with E-state index >= 15 is 0 Å². The van der Waals surface area contributed by atoms with Gasteiger partial charge >= 0.3 is 11.9 Å². The van der Waals surface area contributed by atoms with E-state index in [1.54, 1.807) is 12.1 Å². The third kappa shape index (κ3) is 3.12. The van der Waals surface area contributed by atoms with Crippen LogP contribution in [0.2, 0.25) is 10.0 Å². The average Bonchev–Trinajstić information content (AvgIpc) is 2.44. The Morgan fingerprint density at radius 1 is 1.20 bits per heavy atom. The second-order valence-corrected chi connectivity index (χ2v) is 4.71. The average molecular weight is 314 g/mol. The van der Waals surface area contributed by atoms with Crippen LogP contribution < -0.4 is 10.1 Å². The number of hydrogen-bond acceptors (Lipinski definition) is 4. The zero-order valence-corrected chi connectivity index (χ0v) is 11.5. The zero-order valence-electron chi connectivity index (χ0n) is 10.0. The lowest BCUT2D eigenvalue weighted by atomic mass is 10.1. The maximum atomic E-state index is 11.9. The number of dihydropyridines is 1. The Balaban J connectivity index is 2.12. The lowest BCUT2D eigenvalue weighted by Gasteiger charge is -2.13. The predicted molar refractivity (Wildman–Crippen MR) is 73.7 cm³/mol. The molecule has 0 radical (unpaired) electrons. The van der Waals surface area contributed by atoms with E-state index in [2.05, 4.69) is 5.32 Å². The number of hydrogen-bond donors (Lipinski definition) is 2. The van der Waals surface area contributed by atoms with Crippen LogP contribution in [0.25, 0.3) is 0 Å². The second kappa shape index (κ2) is 5.98. The summed E-state index contributed by atoms with van der Waals surface area (Å²) < 4.78 is 5.11. The summed E-state index contributed by atoms with van der Waals surface area (Å²) in [6.45, 7) is 0. The van der Waals surface area contributed by atoms with E-state index in [0.717, 1.165) is 0 Å². The number of esters is 1. The van der Waals surface area contributed by atoms with Crippen molar-refractivity contribution in [1.82, 2.24) is 5.32 Å². The monoisotopic (exact) mass is 313 g/mol. The number of carboxylic acid groups (broad SMARTS) is 1. The number of carboxylic acids is 1. The second-order valence-electron chi connectivity index (χ2n) is 3.93. The van der Waals surface area contributed by atoms with Gasteiger partial charge in [0, 0.05) is 18.8 Å². The summed E-state index contributed by atoms with van der Waals surface area (Å²) in [6.07, 6.45) is 2.66. The molecule has 0 saturated heterocycles. The minimum atomic E-state index is -1.10. The molecule has 0 aromatic heterocycles. The van der Waals surface area contributed by atoms with Crippen LogP contribution in [0, 0.1) is 0 Å². The van der Waals surface area contributed by atoms with Crippen molar-refractivity contribution in [2.75, 3.05) is 0 Å². The van der Waals surface area contributed by atoms with Gasteiger partial charge in [-0.1, -0.05) is 29.3 Å². The van der Waals surface area contributed by atoms with Crippen LogP contribution in [-0.4, -0.2) is 17.0 Å². The highest BCUT2D eigenvalue weighted by Gasteiger charge is 2.21. The largest absolute Gasteiger partial charge is 0.478 e. The van der Waals surface area contributed by atoms with Gasteiger partial charge in [0.1, 0.15) is 5.02 Å². The molecule has 1 aromatic carbocycles. The standard InChI is InChI=1S/C13H9Cl2NO4/c14-9-2-1-3-10(11(9)15)20-13(19)8-4-7(12(17)18)5-16-6-8/h1-3,5-6,16H,4H2,(H,17,18). The minimum Gasteiger partial charge on any atom is -0.478 e. The maximum absolute atomic E-state index is 11.9. The molecular formula is C13H9Cl2NO4. The molecule has 0 spiro atoms. The number of carbonyl (C=O) groups is 2. The molecule has 0 amide bonds. The van der Waals surface area contributed by atoms with Gasteiger partial charge in [-0.05, 0) is 12.1 Å². The molecule has 1 aromatic rings. The zero-order chi connectivity index (χ0) is 14.7. The normalized spacial score (nSPS) is 13.9. The molecule has 0 saturated carbocycles. The van der Waals surface area contributed by atoms with Crippen LogP contribution >= 0.6 is 23.2 Å². The van der Waals surface area contributed by atoms with Gasteiger partial charge in [-0.25, -0.2) is 9.59 Å². The minimum absolute atomic E-state index is 0.0284. The van der Waals surface area contributed by atoms with Crippen LogP contribution in [0.5, 0.6) is 5.75 Å². The van der Waals surface area contributed by atoms with Crippen molar-refractivity contribution in [3.63, 3.8) is 0 Å². The van der Waals surface area contributed by atoms with Crippen molar-refractivity contribution in [3.8, 4) is 5.75 Å². The van der Waals surface area contributed by atoms with Crippen molar-refractivity contribution < 1.29 is 19.4 Å². The Morgan fingerprint density at radius 2 is 1.90 bits per heavy atom.